The lowest BCUT2D eigenvalue weighted by Gasteiger charge is -2.15. The molecule has 2 heterocycles. The Kier molecular flexibility index (Phi) is 5.62. The van der Waals surface area contributed by atoms with E-state index in [0.29, 0.717) is 11.3 Å². The Labute approximate surface area is 212 Å². The van der Waals surface area contributed by atoms with Crippen molar-refractivity contribution in [2.45, 2.75) is 13.0 Å². The first-order valence-corrected chi connectivity index (χ1v) is 11.9. The molecule has 2 aromatic heterocycles. The van der Waals surface area contributed by atoms with E-state index in [4.69, 9.17) is 9.15 Å². The number of furan rings is 1. The van der Waals surface area contributed by atoms with Gasteiger partial charge in [0.1, 0.15) is 11.2 Å². The maximum Gasteiger partial charge on any atom is 0.349 e. The van der Waals surface area contributed by atoms with Gasteiger partial charge in [0, 0.05) is 33.7 Å². The summed E-state index contributed by atoms with van der Waals surface area (Å²) in [5.41, 5.74) is 6.80. The number of hydrogen-bond acceptors (Lipinski definition) is 5. The molecule has 0 saturated heterocycles. The van der Waals surface area contributed by atoms with E-state index in [-0.39, 0.29) is 6.01 Å². The first-order chi connectivity index (χ1) is 18.1. The Balaban J connectivity index is 1.29. The van der Waals surface area contributed by atoms with Crippen LogP contribution in [0.25, 0.3) is 44.2 Å². The monoisotopic (exact) mass is 486 g/mol. The van der Waals surface area contributed by atoms with E-state index in [0.717, 1.165) is 44.2 Å². The fraction of sp³-hybridized carbons (Fsp3) is 0.0645. The van der Waals surface area contributed by atoms with Crippen molar-refractivity contribution in [2.75, 3.05) is 0 Å². The van der Waals surface area contributed by atoms with E-state index in [2.05, 4.69) is 40.3 Å². The average Bonchev–Trinajstić information content (AvgIpc) is 3.31. The highest BCUT2D eigenvalue weighted by Crippen LogP contribution is 2.36. The Morgan fingerprint density at radius 2 is 1.49 bits per heavy atom. The van der Waals surface area contributed by atoms with Gasteiger partial charge in [0.2, 0.25) is 6.10 Å². The van der Waals surface area contributed by atoms with Gasteiger partial charge in [-0.1, -0.05) is 91.0 Å². The van der Waals surface area contributed by atoms with Crippen LogP contribution in [-0.4, -0.2) is 21.0 Å². The van der Waals surface area contributed by atoms with E-state index >= 15 is 0 Å². The van der Waals surface area contributed by atoms with Crippen molar-refractivity contribution in [2.24, 2.45) is 0 Å². The molecule has 6 nitrogen and oxygen atoms in total. The van der Waals surface area contributed by atoms with Crippen molar-refractivity contribution in [1.82, 2.24) is 9.97 Å². The minimum absolute atomic E-state index is 0.0192. The number of rotatable bonds is 6. The van der Waals surface area contributed by atoms with Gasteiger partial charge in [-0.15, -0.1) is 0 Å². The molecule has 6 heteroatoms. The Bertz CT molecular complexity index is 1740. The van der Waals surface area contributed by atoms with E-state index in [1.807, 2.05) is 49.4 Å². The van der Waals surface area contributed by atoms with Crippen LogP contribution < -0.4 is 4.74 Å². The molecule has 180 valence electrons. The summed E-state index contributed by atoms with van der Waals surface area (Å²) in [6.07, 6.45) is 0.475. The standard InChI is InChI=1S/C31H22N2O4/c1-19-26(18-32-31(33-19)37-28(30(34)35)22-8-3-2-4-9-22)21-16-14-20(15-17-21)23-11-7-12-25-24-10-5-6-13-27(24)36-29(23)25/h2-18,28H,1H3,(H,34,35). The summed E-state index contributed by atoms with van der Waals surface area (Å²) >= 11 is 0. The Hall–Kier alpha value is -4.97. The van der Waals surface area contributed by atoms with Crippen molar-refractivity contribution < 1.29 is 19.1 Å². The van der Waals surface area contributed by atoms with Crippen LogP contribution in [0, 0.1) is 6.92 Å². The zero-order chi connectivity index (χ0) is 25.4. The normalized spacial score (nSPS) is 12.0. The van der Waals surface area contributed by atoms with Crippen molar-refractivity contribution in [3.63, 3.8) is 0 Å². The van der Waals surface area contributed by atoms with Gasteiger partial charge in [-0.25, -0.2) is 9.78 Å². The largest absolute Gasteiger partial charge is 0.478 e. The second-order valence-electron chi connectivity index (χ2n) is 8.76. The van der Waals surface area contributed by atoms with Crippen molar-refractivity contribution in [3.8, 4) is 28.3 Å². The number of benzene rings is 4. The molecule has 4 aromatic carbocycles. The van der Waals surface area contributed by atoms with Gasteiger partial charge in [0.25, 0.3) is 0 Å². The SMILES string of the molecule is Cc1nc(OC(C(=O)O)c2ccccc2)ncc1-c1ccc(-c2cccc3c2oc2ccccc23)cc1. The van der Waals surface area contributed by atoms with Crippen LogP contribution in [0.4, 0.5) is 0 Å². The number of ether oxygens (including phenoxy) is 1. The summed E-state index contributed by atoms with van der Waals surface area (Å²) in [5, 5.41) is 11.8. The third kappa shape index (κ3) is 4.19. The maximum absolute atomic E-state index is 11.8. The van der Waals surface area contributed by atoms with Gasteiger partial charge >= 0.3 is 12.0 Å². The molecule has 0 aliphatic heterocycles. The summed E-state index contributed by atoms with van der Waals surface area (Å²) in [6.45, 7) is 1.85. The van der Waals surface area contributed by atoms with Crippen molar-refractivity contribution in [1.29, 1.82) is 0 Å². The van der Waals surface area contributed by atoms with E-state index in [1.165, 1.54) is 0 Å². The lowest BCUT2D eigenvalue weighted by Crippen LogP contribution is -2.19. The highest BCUT2D eigenvalue weighted by molar-refractivity contribution is 6.09. The molecule has 37 heavy (non-hydrogen) atoms. The first kappa shape index (κ1) is 22.5. The molecular weight excluding hydrogens is 464 g/mol. The third-order valence-corrected chi connectivity index (χ3v) is 6.42. The molecule has 0 radical (unpaired) electrons. The van der Waals surface area contributed by atoms with Crippen molar-refractivity contribution in [3.05, 3.63) is 115 Å². The molecule has 1 atom stereocenters. The molecule has 0 fully saturated rings. The quantitative estimate of drug-likeness (QED) is 0.267. The third-order valence-electron chi connectivity index (χ3n) is 6.42. The minimum atomic E-state index is -1.19. The lowest BCUT2D eigenvalue weighted by molar-refractivity contribution is -0.145. The van der Waals surface area contributed by atoms with Crippen LogP contribution in [0.3, 0.4) is 0 Å². The van der Waals surface area contributed by atoms with Gasteiger partial charge in [-0.2, -0.15) is 4.98 Å². The second kappa shape index (κ2) is 9.24. The molecule has 1 N–H and O–H groups in total. The first-order valence-electron chi connectivity index (χ1n) is 11.9. The molecule has 0 aliphatic rings. The van der Waals surface area contributed by atoms with E-state index < -0.39 is 12.1 Å². The molecule has 0 bridgehead atoms. The smallest absolute Gasteiger partial charge is 0.349 e. The number of nitrogens with zero attached hydrogens (tertiary/aromatic N) is 2. The molecule has 0 amide bonds. The second-order valence-corrected chi connectivity index (χ2v) is 8.76. The number of carboxylic acids is 1. The van der Waals surface area contributed by atoms with Crippen LogP contribution >= 0.6 is 0 Å². The Morgan fingerprint density at radius 3 is 2.22 bits per heavy atom. The number of fused-ring (bicyclic) bond motifs is 3. The number of aryl methyl sites for hydroxylation is 1. The number of carboxylic acid groups (broad SMARTS) is 1. The molecule has 6 rings (SSSR count). The summed E-state index contributed by atoms with van der Waals surface area (Å²) < 4.78 is 11.8. The molecule has 1 unspecified atom stereocenters. The molecule has 0 spiro atoms. The minimum Gasteiger partial charge on any atom is -0.478 e. The van der Waals surface area contributed by atoms with Gasteiger partial charge in [-0.3, -0.25) is 0 Å². The predicted octanol–water partition coefficient (Wildman–Crippen LogP) is 7.22. The zero-order valence-corrected chi connectivity index (χ0v) is 20.0. The molecule has 6 aromatic rings. The Morgan fingerprint density at radius 1 is 0.811 bits per heavy atom. The fourth-order valence-electron chi connectivity index (χ4n) is 4.58. The molecule has 0 saturated carbocycles. The fourth-order valence-corrected chi connectivity index (χ4v) is 4.58. The number of carbonyl (C=O) groups is 1. The summed E-state index contributed by atoms with van der Waals surface area (Å²) in [7, 11) is 0. The number of hydrogen-bond donors (Lipinski definition) is 1. The molecule has 0 aliphatic carbocycles. The highest BCUT2D eigenvalue weighted by Gasteiger charge is 2.23. The summed E-state index contributed by atoms with van der Waals surface area (Å²) in [4.78, 5) is 20.5. The number of para-hydroxylation sites is 2. The van der Waals surface area contributed by atoms with Gasteiger partial charge < -0.3 is 14.3 Å². The van der Waals surface area contributed by atoms with Gasteiger partial charge in [-0.05, 0) is 24.1 Å². The predicted molar refractivity (Wildman–Crippen MR) is 142 cm³/mol. The number of aromatic nitrogens is 2. The number of aliphatic carboxylic acids is 1. The van der Waals surface area contributed by atoms with Gasteiger partial charge in [0.05, 0.1) is 5.69 Å². The summed E-state index contributed by atoms with van der Waals surface area (Å²) in [5.74, 6) is -1.11. The molecular formula is C31H22N2O4. The lowest BCUT2D eigenvalue weighted by atomic mass is 9.99. The zero-order valence-electron chi connectivity index (χ0n) is 20.0. The summed E-state index contributed by atoms with van der Waals surface area (Å²) in [6, 6.07) is 31.2. The average molecular weight is 487 g/mol. The highest BCUT2D eigenvalue weighted by atomic mass is 16.5. The van der Waals surface area contributed by atoms with E-state index in [9.17, 15) is 9.90 Å². The van der Waals surface area contributed by atoms with Crippen LogP contribution in [-0.2, 0) is 4.79 Å². The van der Waals surface area contributed by atoms with Crippen LogP contribution in [0.5, 0.6) is 6.01 Å². The topological polar surface area (TPSA) is 85.5 Å². The van der Waals surface area contributed by atoms with Crippen LogP contribution in [0.2, 0.25) is 0 Å². The van der Waals surface area contributed by atoms with E-state index in [1.54, 1.807) is 30.5 Å². The van der Waals surface area contributed by atoms with Crippen LogP contribution in [0.15, 0.2) is 108 Å². The van der Waals surface area contributed by atoms with Gasteiger partial charge in [0.15, 0.2) is 0 Å². The van der Waals surface area contributed by atoms with Crippen molar-refractivity contribution >= 4 is 27.9 Å². The maximum atomic E-state index is 11.8. The van der Waals surface area contributed by atoms with Crippen LogP contribution in [0.1, 0.15) is 17.4 Å².